The quantitative estimate of drug-likeness (QED) is 0.540. The zero-order valence-corrected chi connectivity index (χ0v) is 18.9. The Bertz CT molecular complexity index is 516. The first-order valence-electron chi connectivity index (χ1n) is 10.8. The summed E-state index contributed by atoms with van der Waals surface area (Å²) in [6.45, 7) is 4.09. The van der Waals surface area contributed by atoms with Crippen LogP contribution in [-0.2, 0) is 9.59 Å². The number of carbonyl (C=O) groups is 2. The van der Waals surface area contributed by atoms with Gasteiger partial charge in [0, 0.05) is 16.9 Å². The van der Waals surface area contributed by atoms with E-state index in [4.69, 9.17) is 0 Å². The van der Waals surface area contributed by atoms with Crippen molar-refractivity contribution < 1.29 is 9.59 Å². The van der Waals surface area contributed by atoms with Gasteiger partial charge in [-0.05, 0) is 76.5 Å². The highest BCUT2D eigenvalue weighted by Crippen LogP contribution is 2.39. The van der Waals surface area contributed by atoms with E-state index < -0.39 is 6.04 Å². The Balaban J connectivity index is 1.51. The minimum absolute atomic E-state index is 0.0724. The van der Waals surface area contributed by atoms with E-state index in [2.05, 4.69) is 27.3 Å². The zero-order chi connectivity index (χ0) is 19.9. The molecule has 2 saturated heterocycles. The summed E-state index contributed by atoms with van der Waals surface area (Å²) < 4.78 is 3.11. The van der Waals surface area contributed by atoms with Crippen LogP contribution in [0.25, 0.3) is 0 Å². The molecule has 0 aromatic rings. The van der Waals surface area contributed by atoms with Gasteiger partial charge in [0.2, 0.25) is 5.91 Å². The zero-order valence-electron chi connectivity index (χ0n) is 17.2. The maximum atomic E-state index is 12.6. The first-order valence-corrected chi connectivity index (χ1v) is 12.8. The van der Waals surface area contributed by atoms with Gasteiger partial charge in [0.05, 0.1) is 6.04 Å². The molecule has 8 heteroatoms. The Morgan fingerprint density at radius 1 is 1.11 bits per heavy atom. The van der Waals surface area contributed by atoms with Crippen LogP contribution in [0.5, 0.6) is 0 Å². The van der Waals surface area contributed by atoms with Crippen LogP contribution in [0.3, 0.4) is 0 Å². The fraction of sp³-hybridized carbons (Fsp3) is 0.900. The van der Waals surface area contributed by atoms with Crippen molar-refractivity contribution in [2.24, 2.45) is 11.8 Å². The number of piperidine rings is 1. The van der Waals surface area contributed by atoms with Gasteiger partial charge in [0.25, 0.3) is 5.91 Å². The van der Waals surface area contributed by atoms with Gasteiger partial charge in [0.15, 0.2) is 0 Å². The molecule has 0 bridgehead atoms. The van der Waals surface area contributed by atoms with Crippen LogP contribution in [0.4, 0.5) is 0 Å². The van der Waals surface area contributed by atoms with Gasteiger partial charge in [-0.1, -0.05) is 19.3 Å². The summed E-state index contributed by atoms with van der Waals surface area (Å²) in [7, 11) is 2.20. The monoisotopic (exact) mass is 428 g/mol. The summed E-state index contributed by atoms with van der Waals surface area (Å²) in [5.41, 5.74) is 0. The van der Waals surface area contributed by atoms with E-state index >= 15 is 0 Å². The molecule has 6 nitrogen and oxygen atoms in total. The molecule has 0 spiro atoms. The predicted molar refractivity (Wildman–Crippen MR) is 118 cm³/mol. The minimum Gasteiger partial charge on any atom is -0.343 e. The third-order valence-corrected chi connectivity index (χ3v) is 8.72. The van der Waals surface area contributed by atoms with Crippen LogP contribution in [0.2, 0.25) is 0 Å². The van der Waals surface area contributed by atoms with Gasteiger partial charge in [0.1, 0.15) is 6.04 Å². The standard InChI is InChI=1S/C20H36N4O2S2/c1-14(22-20(26)17-12-27-13-21-17)19(25)23-28-18(15-6-4-3-5-7-15)16-8-10-24(2)11-9-16/h14-18,21H,3-13H2,1-2H3,(H,22,26)(H,23,25)/t14-,17+,18?/m1/s1. The average molecular weight is 429 g/mol. The van der Waals surface area contributed by atoms with E-state index in [9.17, 15) is 9.59 Å². The fourth-order valence-corrected chi connectivity index (χ4v) is 6.85. The van der Waals surface area contributed by atoms with Crippen LogP contribution in [0.1, 0.15) is 51.9 Å². The van der Waals surface area contributed by atoms with Crippen molar-refractivity contribution in [1.29, 1.82) is 0 Å². The largest absolute Gasteiger partial charge is 0.343 e. The molecule has 0 aromatic carbocycles. The highest BCUT2D eigenvalue weighted by Gasteiger charge is 2.34. The summed E-state index contributed by atoms with van der Waals surface area (Å²) in [5.74, 6) is 2.80. The lowest BCUT2D eigenvalue weighted by Crippen LogP contribution is -2.50. The minimum atomic E-state index is -0.503. The molecule has 3 aliphatic rings. The second-order valence-electron chi connectivity index (χ2n) is 8.59. The van der Waals surface area contributed by atoms with Crippen molar-refractivity contribution >= 4 is 35.5 Å². The molecule has 1 unspecified atom stereocenters. The number of nitrogens with zero attached hydrogens (tertiary/aromatic N) is 1. The van der Waals surface area contributed by atoms with Crippen molar-refractivity contribution in [3.8, 4) is 0 Å². The van der Waals surface area contributed by atoms with Crippen LogP contribution in [0.15, 0.2) is 0 Å². The summed E-state index contributed by atoms with van der Waals surface area (Å²) in [4.78, 5) is 27.3. The van der Waals surface area contributed by atoms with E-state index in [-0.39, 0.29) is 17.9 Å². The SMILES string of the molecule is C[C@@H](NC(=O)[C@@H]1CSCN1)C(=O)NSC(C1CCCCC1)C1CCN(C)CC1. The summed E-state index contributed by atoms with van der Waals surface area (Å²) in [5, 5.41) is 6.51. The summed E-state index contributed by atoms with van der Waals surface area (Å²) >= 11 is 3.35. The van der Waals surface area contributed by atoms with Crippen molar-refractivity contribution in [3.63, 3.8) is 0 Å². The predicted octanol–water partition coefficient (Wildman–Crippen LogP) is 2.21. The molecule has 1 saturated carbocycles. The van der Waals surface area contributed by atoms with Gasteiger partial charge in [-0.3, -0.25) is 19.6 Å². The van der Waals surface area contributed by atoms with Crippen molar-refractivity contribution in [2.45, 2.75) is 69.2 Å². The lowest BCUT2D eigenvalue weighted by Gasteiger charge is -2.39. The molecule has 2 aliphatic heterocycles. The maximum Gasteiger partial charge on any atom is 0.252 e. The number of carbonyl (C=O) groups excluding carboxylic acids is 2. The summed E-state index contributed by atoms with van der Waals surface area (Å²) in [6, 6.07) is -0.681. The normalized spacial score (nSPS) is 27.3. The Kier molecular flexibility index (Phi) is 8.81. The van der Waals surface area contributed by atoms with Crippen LogP contribution < -0.4 is 15.4 Å². The molecule has 160 valence electrons. The third-order valence-electron chi connectivity index (χ3n) is 6.42. The van der Waals surface area contributed by atoms with Gasteiger partial charge in [-0.25, -0.2) is 0 Å². The van der Waals surface area contributed by atoms with Crippen molar-refractivity contribution in [2.75, 3.05) is 31.8 Å². The molecule has 2 heterocycles. The number of hydrogen-bond acceptors (Lipinski definition) is 6. The van der Waals surface area contributed by atoms with Crippen LogP contribution >= 0.6 is 23.7 Å². The molecule has 28 heavy (non-hydrogen) atoms. The fourth-order valence-electron chi connectivity index (χ4n) is 4.55. The van der Waals surface area contributed by atoms with Gasteiger partial charge in [-0.2, -0.15) is 0 Å². The molecule has 3 N–H and O–H groups in total. The Labute approximate surface area is 178 Å². The summed E-state index contributed by atoms with van der Waals surface area (Å²) in [6.07, 6.45) is 9.01. The van der Waals surface area contributed by atoms with Crippen LogP contribution in [-0.4, -0.2) is 65.8 Å². The van der Waals surface area contributed by atoms with E-state index in [0.29, 0.717) is 17.1 Å². The van der Waals surface area contributed by atoms with Crippen molar-refractivity contribution in [3.05, 3.63) is 0 Å². The number of thioether (sulfide) groups is 1. The third kappa shape index (κ3) is 6.28. The van der Waals surface area contributed by atoms with E-state index in [1.807, 2.05) is 0 Å². The van der Waals surface area contributed by atoms with Gasteiger partial charge < -0.3 is 10.2 Å². The van der Waals surface area contributed by atoms with Crippen molar-refractivity contribution in [1.82, 2.24) is 20.3 Å². The highest BCUT2D eigenvalue weighted by molar-refractivity contribution is 7.99. The molecule has 2 amide bonds. The van der Waals surface area contributed by atoms with Crippen LogP contribution in [0, 0.1) is 11.8 Å². The molecular weight excluding hydrogens is 392 g/mol. The molecule has 3 fully saturated rings. The molecule has 1 aliphatic carbocycles. The lowest BCUT2D eigenvalue weighted by molar-refractivity contribution is -0.128. The second kappa shape index (κ2) is 11.1. The Morgan fingerprint density at radius 3 is 2.43 bits per heavy atom. The molecule has 0 aromatic heterocycles. The molecule has 0 radical (unpaired) electrons. The van der Waals surface area contributed by atoms with E-state index in [0.717, 1.165) is 24.7 Å². The molecule has 3 rings (SSSR count). The van der Waals surface area contributed by atoms with E-state index in [1.165, 1.54) is 44.9 Å². The average Bonchev–Trinajstić information content (AvgIpc) is 3.25. The Morgan fingerprint density at radius 2 is 1.79 bits per heavy atom. The molecular formula is C20H36N4O2S2. The lowest BCUT2D eigenvalue weighted by atomic mass is 9.79. The smallest absolute Gasteiger partial charge is 0.252 e. The first kappa shape index (κ1) is 22.2. The van der Waals surface area contributed by atoms with E-state index in [1.54, 1.807) is 30.6 Å². The number of nitrogens with one attached hydrogen (secondary N) is 3. The molecule has 3 atom stereocenters. The highest BCUT2D eigenvalue weighted by atomic mass is 32.2. The number of rotatable bonds is 7. The maximum absolute atomic E-state index is 12.6. The number of amides is 2. The topological polar surface area (TPSA) is 73.5 Å². The van der Waals surface area contributed by atoms with Gasteiger partial charge >= 0.3 is 0 Å². The Hall–Kier alpha value is -0.440. The second-order valence-corrected chi connectivity index (χ2v) is 10.6. The number of hydrogen-bond donors (Lipinski definition) is 3. The van der Waals surface area contributed by atoms with Gasteiger partial charge in [-0.15, -0.1) is 11.8 Å². The number of likely N-dealkylation sites (tertiary alicyclic amines) is 1. The first-order chi connectivity index (χ1) is 13.5.